The third kappa shape index (κ3) is 3.69. The minimum atomic E-state index is -4.77. The minimum Gasteiger partial charge on any atom is -0.508 e. The fraction of sp³-hybridized carbons (Fsp3) is 0.133. The molecule has 0 saturated heterocycles. The summed E-state index contributed by atoms with van der Waals surface area (Å²) in [7, 11) is 0. The first-order chi connectivity index (χ1) is 10.3. The number of hydrogen-bond acceptors (Lipinski definition) is 3. The molecule has 0 heterocycles. The molecule has 0 aliphatic rings. The van der Waals surface area contributed by atoms with Crippen molar-refractivity contribution in [3.05, 3.63) is 59.2 Å². The van der Waals surface area contributed by atoms with E-state index in [4.69, 9.17) is 9.84 Å². The number of halogens is 3. The molecule has 2 aromatic rings. The fourth-order valence-corrected chi connectivity index (χ4v) is 1.84. The van der Waals surface area contributed by atoms with Crippen molar-refractivity contribution >= 4 is 5.97 Å². The van der Waals surface area contributed by atoms with Crippen LogP contribution in [0.3, 0.4) is 0 Å². The molecule has 2 aromatic carbocycles. The number of ether oxygens (including phenoxy) is 1. The molecule has 4 nitrogen and oxygen atoms in total. The lowest BCUT2D eigenvalue weighted by Crippen LogP contribution is -2.13. The molecule has 0 spiro atoms. The second-order valence-electron chi connectivity index (χ2n) is 4.47. The molecule has 2 N–H and O–H groups in total. The average Bonchev–Trinajstić information content (AvgIpc) is 2.44. The smallest absolute Gasteiger partial charge is 0.417 e. The topological polar surface area (TPSA) is 66.8 Å². The van der Waals surface area contributed by atoms with Crippen LogP contribution in [0.4, 0.5) is 13.2 Å². The van der Waals surface area contributed by atoms with Crippen molar-refractivity contribution in [2.24, 2.45) is 0 Å². The SMILES string of the molecule is O=C(O)c1ccc(COc2cccc(O)c2)cc1C(F)(F)F. The average molecular weight is 312 g/mol. The number of carboxylic acids is 1. The van der Waals surface area contributed by atoms with Crippen LogP contribution in [0.5, 0.6) is 11.5 Å². The largest absolute Gasteiger partial charge is 0.508 e. The molecule has 116 valence electrons. The molecule has 0 bridgehead atoms. The van der Waals surface area contributed by atoms with E-state index < -0.39 is 23.3 Å². The van der Waals surface area contributed by atoms with Crippen molar-refractivity contribution in [3.8, 4) is 11.5 Å². The van der Waals surface area contributed by atoms with Gasteiger partial charge in [0.15, 0.2) is 0 Å². The van der Waals surface area contributed by atoms with Gasteiger partial charge < -0.3 is 14.9 Å². The third-order valence-corrected chi connectivity index (χ3v) is 2.84. The van der Waals surface area contributed by atoms with Crippen LogP contribution in [0.15, 0.2) is 42.5 Å². The van der Waals surface area contributed by atoms with Crippen LogP contribution in [0.2, 0.25) is 0 Å². The van der Waals surface area contributed by atoms with E-state index in [2.05, 4.69) is 0 Å². The predicted octanol–water partition coefficient (Wildman–Crippen LogP) is 3.69. The second-order valence-corrected chi connectivity index (χ2v) is 4.47. The van der Waals surface area contributed by atoms with Gasteiger partial charge in [-0.05, 0) is 29.8 Å². The van der Waals surface area contributed by atoms with Crippen molar-refractivity contribution in [3.63, 3.8) is 0 Å². The predicted molar refractivity (Wildman–Crippen MR) is 70.8 cm³/mol. The van der Waals surface area contributed by atoms with Crippen LogP contribution < -0.4 is 4.74 Å². The normalized spacial score (nSPS) is 11.2. The highest BCUT2D eigenvalue weighted by atomic mass is 19.4. The Balaban J connectivity index is 2.24. The fourth-order valence-electron chi connectivity index (χ4n) is 1.84. The van der Waals surface area contributed by atoms with Crippen molar-refractivity contribution in [2.45, 2.75) is 12.8 Å². The molecular weight excluding hydrogens is 301 g/mol. The first-order valence-electron chi connectivity index (χ1n) is 6.12. The second kappa shape index (κ2) is 5.97. The summed E-state index contributed by atoms with van der Waals surface area (Å²) in [4.78, 5) is 10.8. The third-order valence-electron chi connectivity index (χ3n) is 2.84. The zero-order valence-electron chi connectivity index (χ0n) is 11.1. The van der Waals surface area contributed by atoms with Gasteiger partial charge in [-0.2, -0.15) is 13.2 Å². The molecule has 0 atom stereocenters. The number of phenolic OH excluding ortho intramolecular Hbond substituents is 1. The van der Waals surface area contributed by atoms with Crippen LogP contribution in [-0.2, 0) is 12.8 Å². The number of phenols is 1. The number of aromatic carboxylic acids is 1. The Morgan fingerprint density at radius 1 is 1.14 bits per heavy atom. The van der Waals surface area contributed by atoms with E-state index in [1.165, 1.54) is 30.3 Å². The van der Waals surface area contributed by atoms with Crippen LogP contribution in [-0.4, -0.2) is 16.2 Å². The van der Waals surface area contributed by atoms with Gasteiger partial charge in [-0.15, -0.1) is 0 Å². The summed E-state index contributed by atoms with van der Waals surface area (Å²) in [6, 6.07) is 8.70. The zero-order valence-corrected chi connectivity index (χ0v) is 11.1. The molecule has 0 aromatic heterocycles. The van der Waals surface area contributed by atoms with Gasteiger partial charge in [-0.3, -0.25) is 0 Å². The minimum absolute atomic E-state index is 0.0327. The van der Waals surface area contributed by atoms with Crippen molar-refractivity contribution < 1.29 is 32.9 Å². The van der Waals surface area contributed by atoms with E-state index in [9.17, 15) is 23.1 Å². The first-order valence-corrected chi connectivity index (χ1v) is 6.12. The van der Waals surface area contributed by atoms with Gasteiger partial charge in [0.1, 0.15) is 18.1 Å². The van der Waals surface area contributed by atoms with Gasteiger partial charge in [0.25, 0.3) is 0 Å². The number of aromatic hydroxyl groups is 1. The van der Waals surface area contributed by atoms with Crippen LogP contribution in [0.25, 0.3) is 0 Å². The summed E-state index contributed by atoms with van der Waals surface area (Å²) in [6.07, 6.45) is -4.77. The molecule has 0 aliphatic carbocycles. The standard InChI is InChI=1S/C15H11F3O4/c16-15(17,18)13-6-9(4-5-12(13)14(20)21)8-22-11-3-1-2-10(19)7-11/h1-7,19H,8H2,(H,20,21). The molecule has 0 saturated carbocycles. The van der Waals surface area contributed by atoms with E-state index in [1.54, 1.807) is 0 Å². The van der Waals surface area contributed by atoms with Gasteiger partial charge in [0.2, 0.25) is 0 Å². The van der Waals surface area contributed by atoms with Crippen LogP contribution >= 0.6 is 0 Å². The maximum atomic E-state index is 12.9. The Hall–Kier alpha value is -2.70. The first kappa shape index (κ1) is 15.7. The maximum Gasteiger partial charge on any atom is 0.417 e. The molecule has 22 heavy (non-hydrogen) atoms. The Morgan fingerprint density at radius 2 is 1.86 bits per heavy atom. The van der Waals surface area contributed by atoms with E-state index >= 15 is 0 Å². The van der Waals surface area contributed by atoms with E-state index in [0.29, 0.717) is 0 Å². The number of carbonyl (C=O) groups is 1. The lowest BCUT2D eigenvalue weighted by Gasteiger charge is -2.13. The van der Waals surface area contributed by atoms with Gasteiger partial charge in [0, 0.05) is 6.07 Å². The lowest BCUT2D eigenvalue weighted by molar-refractivity contribution is -0.138. The molecule has 0 aliphatic heterocycles. The Labute approximate surface area is 123 Å². The van der Waals surface area contributed by atoms with Crippen molar-refractivity contribution in [2.75, 3.05) is 0 Å². The van der Waals surface area contributed by atoms with Crippen LogP contribution in [0, 0.1) is 0 Å². The highest BCUT2D eigenvalue weighted by molar-refractivity contribution is 5.89. The quantitative estimate of drug-likeness (QED) is 0.903. The lowest BCUT2D eigenvalue weighted by atomic mass is 10.0. The molecule has 0 unspecified atom stereocenters. The number of alkyl halides is 3. The van der Waals surface area contributed by atoms with Gasteiger partial charge >= 0.3 is 12.1 Å². The molecule has 7 heteroatoms. The summed E-state index contributed by atoms with van der Waals surface area (Å²) >= 11 is 0. The monoisotopic (exact) mass is 312 g/mol. The van der Waals surface area contributed by atoms with Gasteiger partial charge in [-0.25, -0.2) is 4.79 Å². The number of hydrogen-bond donors (Lipinski definition) is 2. The number of carboxylic acid groups (broad SMARTS) is 1. The highest BCUT2D eigenvalue weighted by Crippen LogP contribution is 2.33. The molecule has 0 amide bonds. The summed E-state index contributed by atoms with van der Waals surface area (Å²) in [6.45, 7) is -0.188. The van der Waals surface area contributed by atoms with Gasteiger partial charge in [-0.1, -0.05) is 12.1 Å². The summed E-state index contributed by atoms with van der Waals surface area (Å²) < 4.78 is 43.9. The number of rotatable bonds is 4. The zero-order chi connectivity index (χ0) is 16.3. The Morgan fingerprint density at radius 3 is 2.45 bits per heavy atom. The number of benzene rings is 2. The van der Waals surface area contributed by atoms with Gasteiger partial charge in [0.05, 0.1) is 11.1 Å². The van der Waals surface area contributed by atoms with E-state index in [1.807, 2.05) is 0 Å². The maximum absolute atomic E-state index is 12.9. The van der Waals surface area contributed by atoms with Crippen molar-refractivity contribution in [1.29, 1.82) is 0 Å². The molecular formula is C15H11F3O4. The molecule has 0 fully saturated rings. The van der Waals surface area contributed by atoms with E-state index in [-0.39, 0.29) is 23.7 Å². The Bertz CT molecular complexity index is 695. The van der Waals surface area contributed by atoms with Crippen molar-refractivity contribution in [1.82, 2.24) is 0 Å². The highest BCUT2D eigenvalue weighted by Gasteiger charge is 2.35. The van der Waals surface area contributed by atoms with Crippen LogP contribution in [0.1, 0.15) is 21.5 Å². The Kier molecular flexibility index (Phi) is 4.25. The van der Waals surface area contributed by atoms with E-state index in [0.717, 1.165) is 12.1 Å². The molecule has 2 rings (SSSR count). The summed E-state index contributed by atoms with van der Waals surface area (Å²) in [5.41, 5.74) is -1.87. The summed E-state index contributed by atoms with van der Waals surface area (Å²) in [5, 5.41) is 18.1. The molecule has 0 radical (unpaired) electrons. The summed E-state index contributed by atoms with van der Waals surface area (Å²) in [5.74, 6) is -1.39.